The molecule has 5 nitrogen and oxygen atoms in total. The van der Waals surface area contributed by atoms with Crippen LogP contribution in [0.25, 0.3) is 0 Å². The summed E-state index contributed by atoms with van der Waals surface area (Å²) in [5.74, 6) is -2.42. The molecule has 0 rings (SSSR count). The van der Waals surface area contributed by atoms with Crippen LogP contribution in [0.3, 0.4) is 0 Å². The average molecular weight is 242 g/mol. The molecule has 0 aromatic carbocycles. The van der Waals surface area contributed by atoms with Gasteiger partial charge in [0, 0.05) is 5.57 Å². The van der Waals surface area contributed by atoms with E-state index in [1.165, 1.54) is 20.1 Å². The maximum atomic E-state index is 11.5. The van der Waals surface area contributed by atoms with E-state index in [2.05, 4.69) is 4.74 Å². The van der Waals surface area contributed by atoms with E-state index in [1.807, 2.05) is 0 Å². The van der Waals surface area contributed by atoms with E-state index >= 15 is 0 Å². The second-order valence-corrected chi connectivity index (χ2v) is 3.42. The highest BCUT2D eigenvalue weighted by atomic mass is 16.5. The standard InChI is InChI=1S/C12H18O5/c1-5-9(11(14)16-4)7-10(8(3)13)12(15)17-6-2/h5,10H,6-7H2,1-4H3/b9-5+. The Morgan fingerprint density at radius 1 is 1.29 bits per heavy atom. The van der Waals surface area contributed by atoms with Gasteiger partial charge in [-0.3, -0.25) is 9.59 Å². The largest absolute Gasteiger partial charge is 0.466 e. The number of ketones is 1. The first kappa shape index (κ1) is 15.3. The number of carbonyl (C=O) groups excluding carboxylic acids is 3. The third kappa shape index (κ3) is 4.80. The first-order chi connectivity index (χ1) is 7.97. The zero-order valence-corrected chi connectivity index (χ0v) is 10.6. The lowest BCUT2D eigenvalue weighted by atomic mass is 9.96. The molecule has 0 aliphatic carbocycles. The first-order valence-corrected chi connectivity index (χ1v) is 5.38. The Morgan fingerprint density at radius 3 is 2.24 bits per heavy atom. The summed E-state index contributed by atoms with van der Waals surface area (Å²) < 4.78 is 9.34. The molecule has 0 saturated carbocycles. The van der Waals surface area contributed by atoms with E-state index in [0.29, 0.717) is 5.57 Å². The highest BCUT2D eigenvalue weighted by Crippen LogP contribution is 2.16. The van der Waals surface area contributed by atoms with Crippen molar-refractivity contribution < 1.29 is 23.9 Å². The van der Waals surface area contributed by atoms with Crippen molar-refractivity contribution in [2.24, 2.45) is 5.92 Å². The zero-order chi connectivity index (χ0) is 13.4. The van der Waals surface area contributed by atoms with E-state index in [1.54, 1.807) is 13.8 Å². The Morgan fingerprint density at radius 2 is 1.88 bits per heavy atom. The van der Waals surface area contributed by atoms with Crippen LogP contribution in [-0.4, -0.2) is 31.4 Å². The number of allylic oxidation sites excluding steroid dienone is 1. The van der Waals surface area contributed by atoms with E-state index in [4.69, 9.17) is 4.74 Å². The van der Waals surface area contributed by atoms with Gasteiger partial charge in [0.2, 0.25) is 0 Å². The minimum atomic E-state index is -0.944. The minimum absolute atomic E-state index is 0.0112. The lowest BCUT2D eigenvalue weighted by Crippen LogP contribution is -2.26. The number of Topliss-reactive ketones (excluding diaryl/α,β-unsaturated/α-hetero) is 1. The molecule has 0 fully saturated rings. The van der Waals surface area contributed by atoms with Gasteiger partial charge in [0.25, 0.3) is 0 Å². The number of esters is 2. The number of hydrogen-bond acceptors (Lipinski definition) is 5. The van der Waals surface area contributed by atoms with Crippen LogP contribution in [0.2, 0.25) is 0 Å². The van der Waals surface area contributed by atoms with Gasteiger partial charge in [0.15, 0.2) is 0 Å². The van der Waals surface area contributed by atoms with Gasteiger partial charge in [-0.2, -0.15) is 0 Å². The maximum Gasteiger partial charge on any atom is 0.333 e. The number of rotatable bonds is 6. The zero-order valence-electron chi connectivity index (χ0n) is 10.6. The smallest absolute Gasteiger partial charge is 0.333 e. The lowest BCUT2D eigenvalue weighted by Gasteiger charge is -2.13. The fourth-order valence-corrected chi connectivity index (χ4v) is 1.31. The van der Waals surface area contributed by atoms with Gasteiger partial charge in [-0.25, -0.2) is 4.79 Å². The molecule has 0 aromatic rings. The predicted octanol–water partition coefficient (Wildman–Crippen LogP) is 1.26. The van der Waals surface area contributed by atoms with Crippen molar-refractivity contribution in [1.29, 1.82) is 0 Å². The van der Waals surface area contributed by atoms with Crippen LogP contribution in [0.1, 0.15) is 27.2 Å². The van der Waals surface area contributed by atoms with E-state index in [0.717, 1.165) is 0 Å². The maximum absolute atomic E-state index is 11.5. The van der Waals surface area contributed by atoms with Gasteiger partial charge < -0.3 is 9.47 Å². The number of ether oxygens (including phenoxy) is 2. The van der Waals surface area contributed by atoms with Gasteiger partial charge in [-0.15, -0.1) is 0 Å². The Kier molecular flexibility index (Phi) is 6.86. The van der Waals surface area contributed by atoms with Gasteiger partial charge in [0.1, 0.15) is 11.7 Å². The molecule has 5 heteroatoms. The summed E-state index contributed by atoms with van der Waals surface area (Å²) in [6.45, 7) is 4.80. The van der Waals surface area contributed by atoms with Crippen molar-refractivity contribution in [2.45, 2.75) is 27.2 Å². The summed E-state index contributed by atoms with van der Waals surface area (Å²) in [6.07, 6.45) is 1.54. The highest BCUT2D eigenvalue weighted by Gasteiger charge is 2.27. The number of hydrogen-bond donors (Lipinski definition) is 0. The second kappa shape index (κ2) is 7.60. The molecule has 0 amide bonds. The third-order valence-corrected chi connectivity index (χ3v) is 2.28. The number of carbonyl (C=O) groups is 3. The summed E-state index contributed by atoms with van der Waals surface area (Å²) in [5.41, 5.74) is 0.292. The summed E-state index contributed by atoms with van der Waals surface area (Å²) >= 11 is 0. The Labute approximate surface area is 101 Å². The van der Waals surface area contributed by atoms with Crippen molar-refractivity contribution >= 4 is 17.7 Å². The molecule has 0 aromatic heterocycles. The van der Waals surface area contributed by atoms with Crippen LogP contribution in [0, 0.1) is 5.92 Å². The van der Waals surface area contributed by atoms with Gasteiger partial charge in [-0.1, -0.05) is 6.08 Å². The monoisotopic (exact) mass is 242 g/mol. The Bertz CT molecular complexity index is 330. The molecule has 0 spiro atoms. The van der Waals surface area contributed by atoms with Gasteiger partial charge in [-0.05, 0) is 27.2 Å². The molecule has 0 aliphatic heterocycles. The average Bonchev–Trinajstić information content (AvgIpc) is 2.29. The van der Waals surface area contributed by atoms with Gasteiger partial charge >= 0.3 is 11.9 Å². The minimum Gasteiger partial charge on any atom is -0.466 e. The molecule has 1 atom stereocenters. The molecule has 17 heavy (non-hydrogen) atoms. The highest BCUT2D eigenvalue weighted by molar-refractivity contribution is 6.00. The fourth-order valence-electron chi connectivity index (χ4n) is 1.31. The van der Waals surface area contributed by atoms with Crippen LogP contribution in [-0.2, 0) is 23.9 Å². The molecule has 0 radical (unpaired) electrons. The van der Waals surface area contributed by atoms with Crippen molar-refractivity contribution in [3.05, 3.63) is 11.6 Å². The normalized spacial score (nSPS) is 12.8. The van der Waals surface area contributed by atoms with Crippen LogP contribution in [0.5, 0.6) is 0 Å². The summed E-state index contributed by atoms with van der Waals surface area (Å²) in [4.78, 5) is 34.2. The second-order valence-electron chi connectivity index (χ2n) is 3.42. The molecular weight excluding hydrogens is 224 g/mol. The summed E-state index contributed by atoms with van der Waals surface area (Å²) in [6, 6.07) is 0. The van der Waals surface area contributed by atoms with Gasteiger partial charge in [0.05, 0.1) is 13.7 Å². The molecule has 1 unspecified atom stereocenters. The third-order valence-electron chi connectivity index (χ3n) is 2.28. The van der Waals surface area contributed by atoms with E-state index < -0.39 is 17.9 Å². The summed E-state index contributed by atoms with van der Waals surface area (Å²) in [5, 5.41) is 0. The topological polar surface area (TPSA) is 69.7 Å². The molecular formula is C12H18O5. The van der Waals surface area contributed by atoms with Crippen LogP contribution < -0.4 is 0 Å². The lowest BCUT2D eigenvalue weighted by molar-refractivity contribution is -0.151. The summed E-state index contributed by atoms with van der Waals surface area (Å²) in [7, 11) is 1.25. The predicted molar refractivity (Wildman–Crippen MR) is 61.2 cm³/mol. The molecule has 0 aliphatic rings. The van der Waals surface area contributed by atoms with Crippen molar-refractivity contribution in [1.82, 2.24) is 0 Å². The van der Waals surface area contributed by atoms with Crippen molar-refractivity contribution in [3.63, 3.8) is 0 Å². The van der Waals surface area contributed by atoms with Crippen LogP contribution >= 0.6 is 0 Å². The van der Waals surface area contributed by atoms with Crippen LogP contribution in [0.4, 0.5) is 0 Å². The molecule has 0 heterocycles. The van der Waals surface area contributed by atoms with E-state index in [9.17, 15) is 14.4 Å². The SMILES string of the molecule is C/C=C(\CC(C(C)=O)C(=O)OCC)C(=O)OC. The van der Waals surface area contributed by atoms with E-state index in [-0.39, 0.29) is 18.8 Å². The molecule has 96 valence electrons. The molecule has 0 N–H and O–H groups in total. The molecule has 0 bridgehead atoms. The van der Waals surface area contributed by atoms with Crippen LogP contribution in [0.15, 0.2) is 11.6 Å². The quantitative estimate of drug-likeness (QED) is 0.398. The van der Waals surface area contributed by atoms with Crippen molar-refractivity contribution in [2.75, 3.05) is 13.7 Å². The number of methoxy groups -OCH3 is 1. The van der Waals surface area contributed by atoms with Crippen molar-refractivity contribution in [3.8, 4) is 0 Å². The fraction of sp³-hybridized carbons (Fsp3) is 0.583. The molecule has 0 saturated heterocycles. The first-order valence-electron chi connectivity index (χ1n) is 5.38. The Hall–Kier alpha value is -1.65. The Balaban J connectivity index is 4.81.